The summed E-state index contributed by atoms with van der Waals surface area (Å²) in [5.41, 5.74) is 10.1. The molecule has 1 fully saturated rings. The molecule has 3 heteroatoms. The maximum absolute atomic E-state index is 6.66. The molecule has 1 aliphatic carbocycles. The van der Waals surface area contributed by atoms with Crippen LogP contribution in [-0.4, -0.2) is 23.8 Å². The van der Waals surface area contributed by atoms with Gasteiger partial charge in [-0.25, -0.2) is 0 Å². The van der Waals surface area contributed by atoms with Crippen molar-refractivity contribution < 1.29 is 4.74 Å². The van der Waals surface area contributed by atoms with Gasteiger partial charge in [0.25, 0.3) is 0 Å². The molecule has 0 heterocycles. The summed E-state index contributed by atoms with van der Waals surface area (Å²) in [5, 5.41) is 3.64. The summed E-state index contributed by atoms with van der Waals surface area (Å²) in [7, 11) is 0. The van der Waals surface area contributed by atoms with E-state index in [1.165, 1.54) is 43.2 Å². The molecule has 0 spiro atoms. The fraction of sp³-hybridized carbons (Fsp3) is 0.680. The molecule has 3 nitrogen and oxygen atoms in total. The van der Waals surface area contributed by atoms with E-state index in [1.54, 1.807) is 0 Å². The van der Waals surface area contributed by atoms with E-state index in [9.17, 15) is 0 Å². The van der Waals surface area contributed by atoms with Crippen LogP contribution in [0.2, 0.25) is 0 Å². The maximum Gasteiger partial charge on any atom is 0.112 e. The molecule has 1 unspecified atom stereocenters. The number of hydrogen-bond donors (Lipinski definition) is 2. The SMILES string of the molecule is C=C(NC(C)(C)Cc1ccc(C)cc1)C(OC(C)C)[C@H](N)CC1CCCCC1. The first-order valence-corrected chi connectivity index (χ1v) is 11.1. The van der Waals surface area contributed by atoms with Crippen LogP contribution < -0.4 is 11.1 Å². The number of nitrogens with two attached hydrogens (primary N) is 1. The van der Waals surface area contributed by atoms with Gasteiger partial charge in [-0.2, -0.15) is 0 Å². The largest absolute Gasteiger partial charge is 0.381 e. The van der Waals surface area contributed by atoms with Crippen molar-refractivity contribution in [2.45, 2.75) is 103 Å². The molecule has 0 aliphatic heterocycles. The summed E-state index contributed by atoms with van der Waals surface area (Å²) in [6.45, 7) is 15.1. The first-order chi connectivity index (χ1) is 13.2. The number of benzene rings is 1. The molecule has 28 heavy (non-hydrogen) atoms. The van der Waals surface area contributed by atoms with E-state index in [0.29, 0.717) is 0 Å². The predicted octanol–water partition coefficient (Wildman–Crippen LogP) is 5.51. The van der Waals surface area contributed by atoms with Crippen LogP contribution in [0.3, 0.4) is 0 Å². The van der Waals surface area contributed by atoms with Crippen LogP contribution in [0.15, 0.2) is 36.5 Å². The van der Waals surface area contributed by atoms with Gasteiger partial charge in [0.05, 0.1) is 6.10 Å². The van der Waals surface area contributed by atoms with Gasteiger partial charge in [0.15, 0.2) is 0 Å². The molecule has 0 radical (unpaired) electrons. The lowest BCUT2D eigenvalue weighted by Crippen LogP contribution is -2.49. The molecule has 1 aliphatic rings. The Balaban J connectivity index is 2.00. The third-order valence-corrected chi connectivity index (χ3v) is 5.75. The lowest BCUT2D eigenvalue weighted by Gasteiger charge is -2.36. The molecule has 2 rings (SSSR count). The minimum absolute atomic E-state index is 0.0133. The molecule has 1 saturated carbocycles. The Bertz CT molecular complexity index is 599. The highest BCUT2D eigenvalue weighted by Gasteiger charge is 2.29. The maximum atomic E-state index is 6.66. The van der Waals surface area contributed by atoms with Gasteiger partial charge in [0, 0.05) is 17.3 Å². The molecular formula is C25H42N2O. The average molecular weight is 387 g/mol. The quantitative estimate of drug-likeness (QED) is 0.557. The molecule has 0 amide bonds. The number of nitrogens with one attached hydrogen (secondary N) is 1. The van der Waals surface area contributed by atoms with Gasteiger partial charge >= 0.3 is 0 Å². The van der Waals surface area contributed by atoms with Crippen molar-refractivity contribution in [2.75, 3.05) is 0 Å². The second-order valence-electron chi connectivity index (χ2n) is 9.71. The van der Waals surface area contributed by atoms with E-state index in [-0.39, 0.29) is 23.8 Å². The number of rotatable bonds is 10. The summed E-state index contributed by atoms with van der Waals surface area (Å²) in [6.07, 6.45) is 8.60. The van der Waals surface area contributed by atoms with Crippen molar-refractivity contribution in [2.24, 2.45) is 11.7 Å². The molecule has 0 saturated heterocycles. The first kappa shape index (κ1) is 23.0. The van der Waals surface area contributed by atoms with Crippen molar-refractivity contribution >= 4 is 0 Å². The molecule has 1 aromatic carbocycles. The standard InChI is InChI=1S/C25H42N2O/c1-18(2)28-24(23(26)16-21-10-8-7-9-11-21)20(4)27-25(5,6)17-22-14-12-19(3)13-15-22/h12-15,18,21,23-24,27H,4,7-11,16-17,26H2,1-3,5-6H3/t23-,24?/m1/s1. The van der Waals surface area contributed by atoms with E-state index in [1.807, 2.05) is 0 Å². The Morgan fingerprint density at radius 3 is 2.36 bits per heavy atom. The molecule has 2 atom stereocenters. The van der Waals surface area contributed by atoms with Gasteiger partial charge in [0.2, 0.25) is 0 Å². The zero-order valence-electron chi connectivity index (χ0n) is 18.8. The predicted molar refractivity (Wildman–Crippen MR) is 120 cm³/mol. The van der Waals surface area contributed by atoms with Crippen molar-refractivity contribution in [1.29, 1.82) is 0 Å². The van der Waals surface area contributed by atoms with Crippen molar-refractivity contribution in [3.8, 4) is 0 Å². The van der Waals surface area contributed by atoms with E-state index in [0.717, 1.165) is 24.5 Å². The second kappa shape index (κ2) is 10.5. The molecule has 3 N–H and O–H groups in total. The summed E-state index contributed by atoms with van der Waals surface area (Å²) in [4.78, 5) is 0. The van der Waals surface area contributed by atoms with Crippen LogP contribution in [-0.2, 0) is 11.2 Å². The highest BCUT2D eigenvalue weighted by Crippen LogP contribution is 2.29. The molecule has 1 aromatic rings. The second-order valence-corrected chi connectivity index (χ2v) is 9.71. The third kappa shape index (κ3) is 7.60. The average Bonchev–Trinajstić information content (AvgIpc) is 2.61. The fourth-order valence-corrected chi connectivity index (χ4v) is 4.43. The van der Waals surface area contributed by atoms with Gasteiger partial charge in [-0.3, -0.25) is 0 Å². The highest BCUT2D eigenvalue weighted by molar-refractivity contribution is 5.23. The van der Waals surface area contributed by atoms with E-state index >= 15 is 0 Å². The molecule has 0 bridgehead atoms. The smallest absolute Gasteiger partial charge is 0.112 e. The lowest BCUT2D eigenvalue weighted by atomic mass is 9.83. The number of aryl methyl sites for hydroxylation is 1. The van der Waals surface area contributed by atoms with Gasteiger partial charge in [0.1, 0.15) is 6.10 Å². The summed E-state index contributed by atoms with van der Waals surface area (Å²) >= 11 is 0. The first-order valence-electron chi connectivity index (χ1n) is 11.1. The van der Waals surface area contributed by atoms with Gasteiger partial charge in [-0.15, -0.1) is 0 Å². The lowest BCUT2D eigenvalue weighted by molar-refractivity contribution is 0.00416. The third-order valence-electron chi connectivity index (χ3n) is 5.75. The summed E-state index contributed by atoms with van der Waals surface area (Å²) < 4.78 is 6.24. The van der Waals surface area contributed by atoms with E-state index < -0.39 is 0 Å². The van der Waals surface area contributed by atoms with Crippen LogP contribution in [0, 0.1) is 12.8 Å². The molecular weight excluding hydrogens is 344 g/mol. The number of ether oxygens (including phenoxy) is 1. The zero-order valence-corrected chi connectivity index (χ0v) is 18.8. The summed E-state index contributed by atoms with van der Waals surface area (Å²) in [6, 6.07) is 8.74. The Kier molecular flexibility index (Phi) is 8.57. The molecule has 158 valence electrons. The van der Waals surface area contributed by atoms with Gasteiger partial charge in [-0.1, -0.05) is 68.5 Å². The van der Waals surface area contributed by atoms with Crippen LogP contribution in [0.5, 0.6) is 0 Å². The van der Waals surface area contributed by atoms with E-state index in [4.69, 9.17) is 10.5 Å². The van der Waals surface area contributed by atoms with E-state index in [2.05, 4.69) is 70.8 Å². The summed E-state index contributed by atoms with van der Waals surface area (Å²) in [5.74, 6) is 0.732. The number of hydrogen-bond acceptors (Lipinski definition) is 3. The normalized spacial score (nSPS) is 18.1. The van der Waals surface area contributed by atoms with Gasteiger partial charge in [-0.05, 0) is 58.9 Å². The Morgan fingerprint density at radius 1 is 1.18 bits per heavy atom. The monoisotopic (exact) mass is 386 g/mol. The van der Waals surface area contributed by atoms with Gasteiger partial charge < -0.3 is 15.8 Å². The minimum Gasteiger partial charge on any atom is -0.381 e. The Morgan fingerprint density at radius 2 is 1.79 bits per heavy atom. The van der Waals surface area contributed by atoms with Crippen LogP contribution >= 0.6 is 0 Å². The van der Waals surface area contributed by atoms with Crippen molar-refractivity contribution in [1.82, 2.24) is 5.32 Å². The minimum atomic E-state index is -0.154. The topological polar surface area (TPSA) is 47.3 Å². The Labute approximate surface area is 173 Å². The van der Waals surface area contributed by atoms with Crippen LogP contribution in [0.25, 0.3) is 0 Å². The highest BCUT2D eigenvalue weighted by atomic mass is 16.5. The molecule has 0 aromatic heterocycles. The van der Waals surface area contributed by atoms with Crippen molar-refractivity contribution in [3.05, 3.63) is 47.7 Å². The Hall–Kier alpha value is -1.32. The zero-order chi connectivity index (χ0) is 20.7. The fourth-order valence-electron chi connectivity index (χ4n) is 4.43. The van der Waals surface area contributed by atoms with Crippen molar-refractivity contribution in [3.63, 3.8) is 0 Å². The van der Waals surface area contributed by atoms with Crippen LogP contribution in [0.4, 0.5) is 0 Å². The van der Waals surface area contributed by atoms with Crippen LogP contribution in [0.1, 0.15) is 77.3 Å².